The van der Waals surface area contributed by atoms with Gasteiger partial charge in [0.15, 0.2) is 5.78 Å². The van der Waals surface area contributed by atoms with Gasteiger partial charge in [-0.25, -0.2) is 4.39 Å². The second-order valence-electron chi connectivity index (χ2n) is 2.30. The average Bonchev–Trinajstić information content (AvgIpc) is 2.04. The van der Waals surface area contributed by atoms with Crippen LogP contribution in [0.15, 0.2) is 30.5 Å². The first kappa shape index (κ1) is 9.74. The molecule has 0 saturated heterocycles. The lowest BCUT2D eigenvalue weighted by molar-refractivity contribution is 0.104. The van der Waals surface area contributed by atoms with Crippen LogP contribution in [-0.4, -0.2) is 10.9 Å². The van der Waals surface area contributed by atoms with Gasteiger partial charge in [0.1, 0.15) is 5.82 Å². The molecule has 13 heavy (non-hydrogen) atoms. The van der Waals surface area contributed by atoms with E-state index in [0.717, 1.165) is 18.2 Å². The Balaban J connectivity index is 3.09. The van der Waals surface area contributed by atoms with E-state index < -0.39 is 11.6 Å². The third-order valence-electron chi connectivity index (χ3n) is 1.42. The molecule has 0 aliphatic carbocycles. The number of ketones is 1. The summed E-state index contributed by atoms with van der Waals surface area (Å²) in [6.45, 7) is 0. The highest BCUT2D eigenvalue weighted by Crippen LogP contribution is 2.17. The van der Waals surface area contributed by atoms with E-state index in [-0.39, 0.29) is 10.6 Å². The topological polar surface area (TPSA) is 37.3 Å². The largest absolute Gasteiger partial charge is 0.515 e. The van der Waals surface area contributed by atoms with Gasteiger partial charge in [-0.05, 0) is 18.2 Å². The van der Waals surface area contributed by atoms with Crippen molar-refractivity contribution in [3.63, 3.8) is 0 Å². The molecule has 0 saturated carbocycles. The van der Waals surface area contributed by atoms with Crippen molar-refractivity contribution in [2.75, 3.05) is 0 Å². The van der Waals surface area contributed by atoms with Gasteiger partial charge in [-0.15, -0.1) is 0 Å². The van der Waals surface area contributed by atoms with Crippen LogP contribution in [0.3, 0.4) is 0 Å². The molecule has 68 valence electrons. The van der Waals surface area contributed by atoms with E-state index >= 15 is 0 Å². The number of rotatable bonds is 2. The van der Waals surface area contributed by atoms with Crippen molar-refractivity contribution in [3.05, 3.63) is 46.9 Å². The van der Waals surface area contributed by atoms with E-state index in [1.54, 1.807) is 0 Å². The lowest BCUT2D eigenvalue weighted by Gasteiger charge is -1.98. The van der Waals surface area contributed by atoms with Gasteiger partial charge in [0.05, 0.1) is 11.3 Å². The molecule has 1 aromatic carbocycles. The molecule has 0 unspecified atom stereocenters. The molecular formula is C9H6ClFO2. The molecule has 0 aliphatic rings. The number of allylic oxidation sites excluding steroid dienone is 1. The van der Waals surface area contributed by atoms with Crippen LogP contribution in [0, 0.1) is 5.82 Å². The van der Waals surface area contributed by atoms with Gasteiger partial charge in [0.2, 0.25) is 0 Å². The zero-order valence-corrected chi connectivity index (χ0v) is 7.25. The summed E-state index contributed by atoms with van der Waals surface area (Å²) >= 11 is 5.58. The van der Waals surface area contributed by atoms with Crippen LogP contribution in [0.5, 0.6) is 0 Å². The van der Waals surface area contributed by atoms with Gasteiger partial charge in [-0.1, -0.05) is 11.6 Å². The maximum Gasteiger partial charge on any atom is 0.190 e. The lowest BCUT2D eigenvalue weighted by Crippen LogP contribution is -1.95. The number of aliphatic hydroxyl groups is 1. The fourth-order valence-electron chi connectivity index (χ4n) is 0.847. The Morgan fingerprint density at radius 2 is 2.23 bits per heavy atom. The number of carbonyl (C=O) groups is 1. The van der Waals surface area contributed by atoms with Crippen molar-refractivity contribution in [3.8, 4) is 0 Å². The van der Waals surface area contributed by atoms with Crippen LogP contribution >= 0.6 is 11.6 Å². The molecule has 0 radical (unpaired) electrons. The molecule has 0 heterocycles. The molecule has 0 fully saturated rings. The Labute approximate surface area is 79.3 Å². The molecule has 2 nitrogen and oxygen atoms in total. The van der Waals surface area contributed by atoms with Crippen LogP contribution in [-0.2, 0) is 0 Å². The Morgan fingerprint density at radius 1 is 1.54 bits per heavy atom. The van der Waals surface area contributed by atoms with Crippen LogP contribution in [0.4, 0.5) is 4.39 Å². The number of benzene rings is 1. The average molecular weight is 201 g/mol. The van der Waals surface area contributed by atoms with E-state index in [9.17, 15) is 9.18 Å². The van der Waals surface area contributed by atoms with Crippen molar-refractivity contribution >= 4 is 17.4 Å². The predicted molar refractivity (Wildman–Crippen MR) is 47.5 cm³/mol. The monoisotopic (exact) mass is 200 g/mol. The molecule has 0 bridgehead atoms. The molecule has 1 N–H and O–H groups in total. The normalized spacial score (nSPS) is 10.6. The van der Waals surface area contributed by atoms with Crippen molar-refractivity contribution in [1.29, 1.82) is 0 Å². The third-order valence-corrected chi connectivity index (χ3v) is 1.74. The van der Waals surface area contributed by atoms with Crippen LogP contribution < -0.4 is 0 Å². The Kier molecular flexibility index (Phi) is 3.03. The summed E-state index contributed by atoms with van der Waals surface area (Å²) in [7, 11) is 0. The number of carbonyl (C=O) groups excluding carboxylic acids is 1. The second-order valence-corrected chi connectivity index (χ2v) is 2.71. The smallest absolute Gasteiger partial charge is 0.190 e. The summed E-state index contributed by atoms with van der Waals surface area (Å²) in [5.41, 5.74) is 0.161. The van der Waals surface area contributed by atoms with Gasteiger partial charge in [-0.2, -0.15) is 0 Å². The van der Waals surface area contributed by atoms with Gasteiger partial charge < -0.3 is 5.11 Å². The van der Waals surface area contributed by atoms with E-state index in [4.69, 9.17) is 16.7 Å². The molecule has 1 rings (SSSR count). The number of hydrogen-bond donors (Lipinski definition) is 1. The zero-order valence-electron chi connectivity index (χ0n) is 6.50. The number of aliphatic hydroxyl groups excluding tert-OH is 1. The Bertz CT molecular complexity index is 361. The number of halogens is 2. The summed E-state index contributed by atoms with van der Waals surface area (Å²) in [6.07, 6.45) is 1.56. The van der Waals surface area contributed by atoms with Crippen molar-refractivity contribution in [2.24, 2.45) is 0 Å². The number of hydrogen-bond acceptors (Lipinski definition) is 2. The minimum absolute atomic E-state index is 0.0306. The van der Waals surface area contributed by atoms with E-state index in [1.165, 1.54) is 6.07 Å². The summed E-state index contributed by atoms with van der Waals surface area (Å²) in [4.78, 5) is 11.1. The van der Waals surface area contributed by atoms with Crippen molar-refractivity contribution in [1.82, 2.24) is 0 Å². The van der Waals surface area contributed by atoms with Crippen LogP contribution in [0.25, 0.3) is 0 Å². The van der Waals surface area contributed by atoms with Gasteiger partial charge >= 0.3 is 0 Å². The summed E-state index contributed by atoms with van der Waals surface area (Å²) < 4.78 is 12.5. The Morgan fingerprint density at radius 3 is 2.77 bits per heavy atom. The minimum atomic E-state index is -0.505. The molecule has 0 amide bonds. The van der Waals surface area contributed by atoms with Gasteiger partial charge in [0, 0.05) is 11.6 Å². The molecule has 1 aromatic rings. The van der Waals surface area contributed by atoms with E-state index in [2.05, 4.69) is 0 Å². The first-order chi connectivity index (χ1) is 6.15. The zero-order chi connectivity index (χ0) is 9.84. The standard InChI is InChI=1S/C9H6ClFO2/c10-8-5-6(11)1-2-7(8)9(13)3-4-12/h1-5,12H/b4-3+. The van der Waals surface area contributed by atoms with E-state index in [1.807, 2.05) is 0 Å². The van der Waals surface area contributed by atoms with Crippen molar-refractivity contribution in [2.45, 2.75) is 0 Å². The fourth-order valence-corrected chi connectivity index (χ4v) is 1.11. The highest BCUT2D eigenvalue weighted by molar-refractivity contribution is 6.34. The molecular weight excluding hydrogens is 195 g/mol. The summed E-state index contributed by atoms with van der Waals surface area (Å²) in [5, 5.41) is 8.36. The highest BCUT2D eigenvalue weighted by atomic mass is 35.5. The molecule has 4 heteroatoms. The quantitative estimate of drug-likeness (QED) is 0.453. The van der Waals surface area contributed by atoms with E-state index in [0.29, 0.717) is 6.26 Å². The maximum atomic E-state index is 12.5. The third kappa shape index (κ3) is 2.29. The minimum Gasteiger partial charge on any atom is -0.515 e. The van der Waals surface area contributed by atoms with Crippen LogP contribution in [0.1, 0.15) is 10.4 Å². The summed E-state index contributed by atoms with van der Waals surface area (Å²) in [6, 6.07) is 3.43. The fraction of sp³-hybridized carbons (Fsp3) is 0. The highest BCUT2D eigenvalue weighted by Gasteiger charge is 2.07. The SMILES string of the molecule is O=C(/C=C/O)c1ccc(F)cc1Cl. The first-order valence-electron chi connectivity index (χ1n) is 3.45. The van der Waals surface area contributed by atoms with Gasteiger partial charge in [-0.3, -0.25) is 4.79 Å². The molecule has 0 atom stereocenters. The van der Waals surface area contributed by atoms with Crippen molar-refractivity contribution < 1.29 is 14.3 Å². The summed E-state index contributed by atoms with van der Waals surface area (Å²) in [5.74, 6) is -0.970. The predicted octanol–water partition coefficient (Wildman–Crippen LogP) is 2.73. The molecule has 0 spiro atoms. The lowest BCUT2D eigenvalue weighted by atomic mass is 10.1. The van der Waals surface area contributed by atoms with Crippen LogP contribution in [0.2, 0.25) is 5.02 Å². The maximum absolute atomic E-state index is 12.5. The molecule has 0 aliphatic heterocycles. The van der Waals surface area contributed by atoms with Gasteiger partial charge in [0.25, 0.3) is 0 Å². The first-order valence-corrected chi connectivity index (χ1v) is 3.83. The Hall–Kier alpha value is -1.35. The second kappa shape index (κ2) is 4.05. The molecule has 0 aromatic heterocycles.